The van der Waals surface area contributed by atoms with Gasteiger partial charge in [0, 0.05) is 41.8 Å². The molecule has 0 unspecified atom stereocenters. The van der Waals surface area contributed by atoms with E-state index in [1.807, 2.05) is 0 Å². The van der Waals surface area contributed by atoms with E-state index in [1.165, 1.54) is 54.7 Å². The summed E-state index contributed by atoms with van der Waals surface area (Å²) in [5.74, 6) is 0. The summed E-state index contributed by atoms with van der Waals surface area (Å²) in [4.78, 5) is 2.58. The quantitative estimate of drug-likeness (QED) is 0.857. The Hall–Kier alpha value is -0.540. The van der Waals surface area contributed by atoms with Gasteiger partial charge in [-0.2, -0.15) is 0 Å². The average Bonchev–Trinajstić information content (AvgIpc) is 2.27. The first-order valence-corrected chi connectivity index (χ1v) is 7.20. The van der Waals surface area contributed by atoms with Gasteiger partial charge in [-0.25, -0.2) is 0 Å². The summed E-state index contributed by atoms with van der Waals surface area (Å²) < 4.78 is 1.18. The Kier molecular flexibility index (Phi) is 2.91. The van der Waals surface area contributed by atoms with Gasteiger partial charge < -0.3 is 10.2 Å². The Morgan fingerprint density at radius 1 is 1.35 bits per heavy atom. The van der Waals surface area contributed by atoms with Gasteiger partial charge in [0.2, 0.25) is 0 Å². The molecular formula is C14H19BrN2. The van der Waals surface area contributed by atoms with Crippen LogP contribution in [0.25, 0.3) is 0 Å². The van der Waals surface area contributed by atoms with Crippen molar-refractivity contribution in [3.05, 3.63) is 28.2 Å². The molecule has 2 aliphatic rings. The summed E-state index contributed by atoms with van der Waals surface area (Å²) in [5.41, 5.74) is 3.36. The van der Waals surface area contributed by atoms with Gasteiger partial charge >= 0.3 is 0 Å². The highest BCUT2D eigenvalue weighted by Crippen LogP contribution is 2.36. The third kappa shape index (κ3) is 2.11. The predicted octanol–water partition coefficient (Wildman–Crippen LogP) is 2.95. The molecule has 1 aromatic carbocycles. The van der Waals surface area contributed by atoms with E-state index < -0.39 is 0 Å². The molecule has 1 aromatic rings. The second-order valence-corrected chi connectivity index (χ2v) is 6.48. The second kappa shape index (κ2) is 4.29. The molecule has 3 rings (SSSR count). The Morgan fingerprint density at radius 2 is 2.18 bits per heavy atom. The van der Waals surface area contributed by atoms with Gasteiger partial charge in [0.25, 0.3) is 0 Å². The molecule has 2 fully saturated rings. The molecule has 0 amide bonds. The van der Waals surface area contributed by atoms with Gasteiger partial charge in [-0.3, -0.25) is 0 Å². The van der Waals surface area contributed by atoms with Crippen molar-refractivity contribution in [3.63, 3.8) is 0 Å². The highest BCUT2D eigenvalue weighted by molar-refractivity contribution is 9.10. The van der Waals surface area contributed by atoms with Crippen molar-refractivity contribution in [3.8, 4) is 0 Å². The van der Waals surface area contributed by atoms with E-state index in [4.69, 9.17) is 0 Å². The van der Waals surface area contributed by atoms with Crippen molar-refractivity contribution < 1.29 is 0 Å². The fraction of sp³-hybridized carbons (Fsp3) is 0.571. The van der Waals surface area contributed by atoms with Crippen molar-refractivity contribution in [2.24, 2.45) is 5.41 Å². The van der Waals surface area contributed by atoms with Gasteiger partial charge in [-0.15, -0.1) is 0 Å². The zero-order valence-electron chi connectivity index (χ0n) is 10.3. The molecule has 17 heavy (non-hydrogen) atoms. The summed E-state index contributed by atoms with van der Waals surface area (Å²) in [6.07, 6.45) is 2.73. The highest BCUT2D eigenvalue weighted by Gasteiger charge is 2.40. The van der Waals surface area contributed by atoms with Crippen LogP contribution in [-0.4, -0.2) is 26.2 Å². The van der Waals surface area contributed by atoms with Gasteiger partial charge in [-0.05, 0) is 43.5 Å². The van der Waals surface area contributed by atoms with Crippen molar-refractivity contribution in [2.45, 2.75) is 19.8 Å². The van der Waals surface area contributed by atoms with Gasteiger partial charge in [0.15, 0.2) is 0 Å². The van der Waals surface area contributed by atoms with E-state index in [0.29, 0.717) is 5.41 Å². The number of piperidine rings is 1. The minimum atomic E-state index is 0.567. The van der Waals surface area contributed by atoms with Gasteiger partial charge in [0.05, 0.1) is 0 Å². The fourth-order valence-electron chi connectivity index (χ4n) is 3.15. The second-order valence-electron chi connectivity index (χ2n) is 5.56. The van der Waals surface area contributed by atoms with Crippen molar-refractivity contribution in [1.82, 2.24) is 5.32 Å². The smallest absolute Gasteiger partial charge is 0.0396 e. The fourth-order valence-corrected chi connectivity index (χ4v) is 3.63. The van der Waals surface area contributed by atoms with Gasteiger partial charge in [-0.1, -0.05) is 15.9 Å². The molecule has 2 nitrogen and oxygen atoms in total. The van der Waals surface area contributed by atoms with Crippen LogP contribution in [0.2, 0.25) is 0 Å². The predicted molar refractivity (Wildman–Crippen MR) is 75.6 cm³/mol. The third-order valence-electron chi connectivity index (χ3n) is 4.16. The van der Waals surface area contributed by atoms with Crippen LogP contribution in [0.5, 0.6) is 0 Å². The van der Waals surface area contributed by atoms with Crippen LogP contribution in [0.15, 0.2) is 22.7 Å². The molecule has 0 saturated carbocycles. The monoisotopic (exact) mass is 294 g/mol. The van der Waals surface area contributed by atoms with Crippen molar-refractivity contribution in [1.29, 1.82) is 0 Å². The average molecular weight is 295 g/mol. The van der Waals surface area contributed by atoms with E-state index in [9.17, 15) is 0 Å². The topological polar surface area (TPSA) is 15.3 Å². The molecule has 0 radical (unpaired) electrons. The highest BCUT2D eigenvalue weighted by atomic mass is 79.9. The normalized spacial score (nSPS) is 22.6. The molecule has 0 bridgehead atoms. The lowest BCUT2D eigenvalue weighted by molar-refractivity contribution is 0.138. The first-order chi connectivity index (χ1) is 8.19. The van der Waals surface area contributed by atoms with Crippen LogP contribution in [0.3, 0.4) is 0 Å². The molecule has 0 atom stereocenters. The first kappa shape index (κ1) is 11.5. The standard InChI is InChI=1S/C14H19BrN2/c1-11-7-12(15)3-4-13(11)17-6-2-5-14(10-17)8-16-9-14/h3-4,7,16H,2,5-6,8-10H2,1H3. The maximum atomic E-state index is 3.54. The molecule has 0 aromatic heterocycles. The molecule has 1 spiro atoms. The summed E-state index contributed by atoms with van der Waals surface area (Å²) in [5, 5.41) is 3.43. The summed E-state index contributed by atoms with van der Waals surface area (Å²) in [6, 6.07) is 6.63. The molecule has 2 heterocycles. The van der Waals surface area contributed by atoms with Crippen LogP contribution < -0.4 is 10.2 Å². The Balaban J connectivity index is 1.83. The molecule has 1 N–H and O–H groups in total. The Bertz CT molecular complexity index is 426. The Labute approximate surface area is 112 Å². The van der Waals surface area contributed by atoms with Crippen LogP contribution in [0.1, 0.15) is 18.4 Å². The SMILES string of the molecule is Cc1cc(Br)ccc1N1CCCC2(CNC2)C1. The molecule has 3 heteroatoms. The Morgan fingerprint density at radius 3 is 2.82 bits per heavy atom. The van der Waals surface area contributed by atoms with Crippen molar-refractivity contribution >= 4 is 21.6 Å². The van der Waals surface area contributed by atoms with Crippen LogP contribution >= 0.6 is 15.9 Å². The summed E-state index contributed by atoms with van der Waals surface area (Å²) in [7, 11) is 0. The van der Waals surface area contributed by atoms with Gasteiger partial charge in [0.1, 0.15) is 0 Å². The number of anilines is 1. The van der Waals surface area contributed by atoms with E-state index in [1.54, 1.807) is 0 Å². The molecule has 2 saturated heterocycles. The number of hydrogen-bond donors (Lipinski definition) is 1. The third-order valence-corrected chi connectivity index (χ3v) is 4.65. The van der Waals surface area contributed by atoms with Crippen molar-refractivity contribution in [2.75, 3.05) is 31.1 Å². The maximum absolute atomic E-state index is 3.54. The molecule has 2 aliphatic heterocycles. The molecule has 92 valence electrons. The summed E-state index contributed by atoms with van der Waals surface area (Å²) >= 11 is 3.54. The van der Waals surface area contributed by atoms with E-state index in [0.717, 1.165) is 0 Å². The number of benzene rings is 1. The molecule has 0 aliphatic carbocycles. The number of aryl methyl sites for hydroxylation is 1. The largest absolute Gasteiger partial charge is 0.371 e. The van der Waals surface area contributed by atoms with Crippen LogP contribution in [0.4, 0.5) is 5.69 Å². The minimum Gasteiger partial charge on any atom is -0.371 e. The number of nitrogens with one attached hydrogen (secondary N) is 1. The number of halogens is 1. The minimum absolute atomic E-state index is 0.567. The zero-order chi connectivity index (χ0) is 11.9. The first-order valence-electron chi connectivity index (χ1n) is 6.40. The lowest BCUT2D eigenvalue weighted by Gasteiger charge is -2.50. The summed E-state index contributed by atoms with van der Waals surface area (Å²) in [6.45, 7) is 7.06. The number of nitrogens with zero attached hydrogens (tertiary/aromatic N) is 1. The van der Waals surface area contributed by atoms with E-state index in [2.05, 4.69) is 51.3 Å². The molecular weight excluding hydrogens is 276 g/mol. The van der Waals surface area contributed by atoms with Crippen LogP contribution in [0, 0.1) is 12.3 Å². The van der Waals surface area contributed by atoms with E-state index in [-0.39, 0.29) is 0 Å². The number of hydrogen-bond acceptors (Lipinski definition) is 2. The lowest BCUT2D eigenvalue weighted by atomic mass is 9.75. The zero-order valence-corrected chi connectivity index (χ0v) is 11.9. The number of rotatable bonds is 1. The van der Waals surface area contributed by atoms with E-state index >= 15 is 0 Å². The lowest BCUT2D eigenvalue weighted by Crippen LogP contribution is -2.61. The van der Waals surface area contributed by atoms with Crippen LogP contribution in [-0.2, 0) is 0 Å². The maximum Gasteiger partial charge on any atom is 0.0396 e.